The van der Waals surface area contributed by atoms with Crippen LogP contribution in [0, 0.1) is 0 Å². The molecule has 0 aliphatic carbocycles. The smallest absolute Gasteiger partial charge is 0.338 e. The zero-order valence-electron chi connectivity index (χ0n) is 11.1. The maximum absolute atomic E-state index is 10.8. The van der Waals surface area contributed by atoms with E-state index in [2.05, 4.69) is 4.98 Å². The van der Waals surface area contributed by atoms with E-state index in [9.17, 15) is 4.79 Å². The van der Waals surface area contributed by atoms with Crippen LogP contribution in [0.4, 0.5) is 0 Å². The highest BCUT2D eigenvalue weighted by Gasteiger charge is 2.13. The monoisotopic (exact) mass is 301 g/mol. The number of thiazole rings is 1. The lowest BCUT2D eigenvalue weighted by Gasteiger charge is -2.00. The van der Waals surface area contributed by atoms with Crippen molar-refractivity contribution in [2.24, 2.45) is 0 Å². The zero-order chi connectivity index (χ0) is 14.8. The van der Waals surface area contributed by atoms with Gasteiger partial charge in [-0.1, -0.05) is 0 Å². The van der Waals surface area contributed by atoms with Crippen molar-refractivity contribution in [2.75, 3.05) is 7.11 Å². The van der Waals surface area contributed by atoms with Gasteiger partial charge < -0.3 is 14.3 Å². The number of hydrogen-bond acceptors (Lipinski definition) is 5. The van der Waals surface area contributed by atoms with E-state index in [-0.39, 0.29) is 5.56 Å². The molecular formula is C15H11NO4S. The van der Waals surface area contributed by atoms with Gasteiger partial charge in [0.25, 0.3) is 0 Å². The summed E-state index contributed by atoms with van der Waals surface area (Å²) < 4.78 is 10.4. The van der Waals surface area contributed by atoms with Crippen molar-refractivity contribution in [3.8, 4) is 27.8 Å². The minimum Gasteiger partial charge on any atom is -0.497 e. The number of hydrogen-bond donors (Lipinski definition) is 1. The molecule has 0 saturated carbocycles. The number of nitrogens with zero attached hydrogens (tertiary/aromatic N) is 1. The van der Waals surface area contributed by atoms with Crippen molar-refractivity contribution in [3.05, 3.63) is 47.5 Å². The highest BCUT2D eigenvalue weighted by Crippen LogP contribution is 2.30. The van der Waals surface area contributed by atoms with Crippen LogP contribution in [0.15, 0.2) is 46.4 Å². The maximum Gasteiger partial charge on any atom is 0.338 e. The Morgan fingerprint density at radius 2 is 2.10 bits per heavy atom. The summed E-state index contributed by atoms with van der Waals surface area (Å²) in [4.78, 5) is 15.3. The van der Waals surface area contributed by atoms with Gasteiger partial charge in [0.1, 0.15) is 22.7 Å². The highest BCUT2D eigenvalue weighted by atomic mass is 32.1. The summed E-state index contributed by atoms with van der Waals surface area (Å²) in [5, 5.41) is 11.6. The Labute approximate surface area is 124 Å². The fraction of sp³-hybridized carbons (Fsp3) is 0.0667. The minimum atomic E-state index is -1.02. The van der Waals surface area contributed by atoms with E-state index in [0.717, 1.165) is 16.3 Å². The quantitative estimate of drug-likeness (QED) is 0.794. The Morgan fingerprint density at radius 3 is 2.71 bits per heavy atom. The van der Waals surface area contributed by atoms with Crippen LogP contribution in [0.1, 0.15) is 10.4 Å². The van der Waals surface area contributed by atoms with E-state index >= 15 is 0 Å². The molecule has 1 aromatic carbocycles. The summed E-state index contributed by atoms with van der Waals surface area (Å²) in [6, 6.07) is 9.05. The molecule has 0 unspecified atom stereocenters. The fourth-order valence-electron chi connectivity index (χ4n) is 1.84. The molecule has 0 radical (unpaired) electrons. The number of ether oxygens (including phenoxy) is 1. The van der Waals surface area contributed by atoms with Crippen molar-refractivity contribution in [1.82, 2.24) is 4.98 Å². The van der Waals surface area contributed by atoms with Crippen molar-refractivity contribution >= 4 is 17.3 Å². The average Bonchev–Trinajstić information content (AvgIpc) is 3.16. The lowest BCUT2D eigenvalue weighted by Crippen LogP contribution is -1.91. The first kappa shape index (κ1) is 13.4. The second-order valence-corrected chi connectivity index (χ2v) is 5.13. The topological polar surface area (TPSA) is 72.6 Å². The lowest BCUT2D eigenvalue weighted by molar-refractivity contribution is 0.0696. The Bertz CT molecular complexity index is 773. The van der Waals surface area contributed by atoms with Crippen molar-refractivity contribution in [1.29, 1.82) is 0 Å². The summed E-state index contributed by atoms with van der Waals surface area (Å²) in [5.41, 5.74) is 1.71. The number of methoxy groups -OCH3 is 1. The van der Waals surface area contributed by atoms with Gasteiger partial charge in [0.05, 0.1) is 12.7 Å². The number of carboxylic acid groups (broad SMARTS) is 1. The van der Waals surface area contributed by atoms with Crippen LogP contribution in [-0.4, -0.2) is 23.2 Å². The van der Waals surface area contributed by atoms with E-state index in [1.807, 2.05) is 29.6 Å². The Kier molecular flexibility index (Phi) is 3.45. The molecule has 1 N–H and O–H groups in total. The first-order chi connectivity index (χ1) is 10.2. The molecule has 3 rings (SSSR count). The number of aromatic carboxylic acids is 1. The van der Waals surface area contributed by atoms with Gasteiger partial charge in [-0.25, -0.2) is 9.78 Å². The second-order valence-electron chi connectivity index (χ2n) is 4.27. The Balaban J connectivity index is 1.89. The number of rotatable bonds is 4. The number of benzene rings is 1. The van der Waals surface area contributed by atoms with E-state index in [0.29, 0.717) is 11.5 Å². The van der Waals surface area contributed by atoms with Gasteiger partial charge in [0.15, 0.2) is 5.76 Å². The molecule has 106 valence electrons. The van der Waals surface area contributed by atoms with E-state index in [1.165, 1.54) is 23.7 Å². The largest absolute Gasteiger partial charge is 0.497 e. The molecule has 0 aliphatic heterocycles. The van der Waals surface area contributed by atoms with Crippen molar-refractivity contribution < 1.29 is 19.1 Å². The first-order valence-corrected chi connectivity index (χ1v) is 6.97. The Morgan fingerprint density at radius 1 is 1.33 bits per heavy atom. The van der Waals surface area contributed by atoms with Gasteiger partial charge in [-0.15, -0.1) is 11.3 Å². The van der Waals surface area contributed by atoms with Gasteiger partial charge in [0.2, 0.25) is 0 Å². The van der Waals surface area contributed by atoms with Crippen LogP contribution >= 0.6 is 11.3 Å². The van der Waals surface area contributed by atoms with Crippen LogP contribution < -0.4 is 4.74 Å². The van der Waals surface area contributed by atoms with Crippen LogP contribution in [0.25, 0.3) is 22.0 Å². The van der Waals surface area contributed by atoms with Gasteiger partial charge in [-0.05, 0) is 24.3 Å². The normalized spacial score (nSPS) is 10.5. The molecule has 0 atom stereocenters. The molecule has 2 heterocycles. The van der Waals surface area contributed by atoms with Crippen molar-refractivity contribution in [2.45, 2.75) is 0 Å². The third-order valence-corrected chi connectivity index (χ3v) is 3.83. The molecular weight excluding hydrogens is 290 g/mol. The third kappa shape index (κ3) is 2.66. The summed E-state index contributed by atoms with van der Waals surface area (Å²) in [6.45, 7) is 0. The van der Waals surface area contributed by atoms with Crippen LogP contribution in [-0.2, 0) is 0 Å². The third-order valence-electron chi connectivity index (χ3n) is 2.94. The SMILES string of the molecule is COc1ccc(-c2nc(-c3cc(C(=O)O)co3)cs2)cc1. The van der Waals surface area contributed by atoms with Crippen LogP contribution in [0.5, 0.6) is 5.75 Å². The average molecular weight is 301 g/mol. The number of carboxylic acids is 1. The van der Waals surface area contributed by atoms with Crippen LogP contribution in [0.2, 0.25) is 0 Å². The maximum atomic E-state index is 10.8. The number of furan rings is 1. The first-order valence-electron chi connectivity index (χ1n) is 6.09. The predicted molar refractivity (Wildman–Crippen MR) is 78.8 cm³/mol. The van der Waals surface area contributed by atoms with Gasteiger partial charge >= 0.3 is 5.97 Å². The van der Waals surface area contributed by atoms with E-state index < -0.39 is 5.97 Å². The minimum absolute atomic E-state index is 0.115. The van der Waals surface area contributed by atoms with E-state index in [1.54, 1.807) is 7.11 Å². The van der Waals surface area contributed by atoms with E-state index in [4.69, 9.17) is 14.3 Å². The predicted octanol–water partition coefficient (Wildman–Crippen LogP) is 3.78. The van der Waals surface area contributed by atoms with Crippen LogP contribution in [0.3, 0.4) is 0 Å². The molecule has 0 aliphatic rings. The molecule has 0 fully saturated rings. The molecule has 0 spiro atoms. The lowest BCUT2D eigenvalue weighted by atomic mass is 10.2. The standard InChI is InChI=1S/C15H11NO4S/c1-19-11-4-2-9(3-5-11)14-16-12(8-21-14)13-6-10(7-20-13)15(17)18/h2-8H,1H3,(H,17,18). The number of carbonyl (C=O) groups is 1. The van der Waals surface area contributed by atoms with Gasteiger partial charge in [-0.3, -0.25) is 0 Å². The summed E-state index contributed by atoms with van der Waals surface area (Å²) >= 11 is 1.47. The summed E-state index contributed by atoms with van der Waals surface area (Å²) in [6.07, 6.45) is 1.21. The molecule has 5 nitrogen and oxygen atoms in total. The molecule has 6 heteroatoms. The Hall–Kier alpha value is -2.60. The molecule has 3 aromatic rings. The van der Waals surface area contributed by atoms with Gasteiger partial charge in [0, 0.05) is 17.0 Å². The number of aromatic nitrogens is 1. The summed E-state index contributed by atoms with van der Waals surface area (Å²) in [7, 11) is 1.62. The highest BCUT2D eigenvalue weighted by molar-refractivity contribution is 7.13. The molecule has 0 saturated heterocycles. The fourth-order valence-corrected chi connectivity index (χ4v) is 2.65. The molecule has 0 bridgehead atoms. The second kappa shape index (κ2) is 5.41. The molecule has 21 heavy (non-hydrogen) atoms. The van der Waals surface area contributed by atoms with Gasteiger partial charge in [-0.2, -0.15) is 0 Å². The zero-order valence-corrected chi connectivity index (χ0v) is 11.9. The summed E-state index contributed by atoms with van der Waals surface area (Å²) in [5.74, 6) is 0.215. The molecule has 2 aromatic heterocycles. The molecule has 0 amide bonds. The van der Waals surface area contributed by atoms with Crippen molar-refractivity contribution in [3.63, 3.8) is 0 Å².